The van der Waals surface area contributed by atoms with Crippen molar-refractivity contribution in [2.24, 2.45) is 0 Å². The monoisotopic (exact) mass is 243 g/mol. The molecular weight excluding hydrogens is 234 g/mol. The van der Waals surface area contributed by atoms with Gasteiger partial charge in [-0.25, -0.2) is 4.98 Å². The minimum atomic E-state index is 1.11. The van der Waals surface area contributed by atoms with Crippen LogP contribution in [0.3, 0.4) is 0 Å². The summed E-state index contributed by atoms with van der Waals surface area (Å²) in [5, 5.41) is 5.25. The first kappa shape index (κ1) is 9.75. The van der Waals surface area contributed by atoms with E-state index in [0.717, 1.165) is 5.01 Å². The van der Waals surface area contributed by atoms with E-state index in [-0.39, 0.29) is 0 Å². The van der Waals surface area contributed by atoms with E-state index in [4.69, 9.17) is 0 Å². The molecule has 0 N–H and O–H groups in total. The van der Waals surface area contributed by atoms with Gasteiger partial charge in [0.05, 0.1) is 4.88 Å². The first-order chi connectivity index (χ1) is 7.95. The molecule has 3 rings (SSSR count). The van der Waals surface area contributed by atoms with Crippen molar-refractivity contribution in [3.63, 3.8) is 0 Å². The summed E-state index contributed by atoms with van der Waals surface area (Å²) >= 11 is 3.44. The number of rotatable bonds is 2. The lowest BCUT2D eigenvalue weighted by Crippen LogP contribution is -1.76. The van der Waals surface area contributed by atoms with Crippen LogP contribution in [-0.2, 0) is 0 Å². The first-order valence-corrected chi connectivity index (χ1v) is 6.74. The van der Waals surface area contributed by atoms with Crippen LogP contribution >= 0.6 is 22.7 Å². The molecule has 0 aliphatic rings. The third-order valence-corrected chi connectivity index (χ3v) is 4.22. The SMILES string of the molecule is c1ccc(-c2ccsc2-c2nccs2)cc1. The molecule has 0 fully saturated rings. The molecule has 16 heavy (non-hydrogen) atoms. The van der Waals surface area contributed by atoms with E-state index in [1.165, 1.54) is 16.0 Å². The molecule has 0 saturated carbocycles. The van der Waals surface area contributed by atoms with Crippen LogP contribution in [0.2, 0.25) is 0 Å². The summed E-state index contributed by atoms with van der Waals surface area (Å²) < 4.78 is 0. The summed E-state index contributed by atoms with van der Waals surface area (Å²) in [5.74, 6) is 0. The second-order valence-corrected chi connectivity index (χ2v) is 5.18. The quantitative estimate of drug-likeness (QED) is 0.644. The lowest BCUT2D eigenvalue weighted by molar-refractivity contribution is 1.43. The van der Waals surface area contributed by atoms with Gasteiger partial charge < -0.3 is 0 Å². The van der Waals surface area contributed by atoms with E-state index in [2.05, 4.69) is 40.7 Å². The standard InChI is InChI=1S/C13H9NS2/c1-2-4-10(5-3-1)11-6-8-15-12(11)13-14-7-9-16-13/h1-9H. The van der Waals surface area contributed by atoms with Crippen LogP contribution in [-0.4, -0.2) is 4.98 Å². The molecule has 0 bridgehead atoms. The predicted molar refractivity (Wildman–Crippen MR) is 70.9 cm³/mol. The highest BCUT2D eigenvalue weighted by atomic mass is 32.1. The number of hydrogen-bond donors (Lipinski definition) is 0. The summed E-state index contributed by atoms with van der Waals surface area (Å²) in [6, 6.07) is 12.6. The minimum absolute atomic E-state index is 1.11. The van der Waals surface area contributed by atoms with Crippen molar-refractivity contribution in [1.82, 2.24) is 4.98 Å². The Morgan fingerprint density at radius 2 is 1.75 bits per heavy atom. The van der Waals surface area contributed by atoms with Gasteiger partial charge in [0.1, 0.15) is 5.01 Å². The maximum absolute atomic E-state index is 4.37. The molecule has 0 atom stereocenters. The molecule has 0 aliphatic heterocycles. The smallest absolute Gasteiger partial charge is 0.133 e. The molecule has 2 heterocycles. The molecule has 0 aliphatic carbocycles. The maximum Gasteiger partial charge on any atom is 0.133 e. The molecule has 78 valence electrons. The molecule has 0 saturated heterocycles. The highest BCUT2D eigenvalue weighted by Gasteiger charge is 2.10. The second kappa shape index (κ2) is 4.20. The Kier molecular flexibility index (Phi) is 2.56. The van der Waals surface area contributed by atoms with Crippen LogP contribution < -0.4 is 0 Å². The van der Waals surface area contributed by atoms with Gasteiger partial charge in [-0.2, -0.15) is 0 Å². The number of nitrogens with zero attached hydrogens (tertiary/aromatic N) is 1. The van der Waals surface area contributed by atoms with Gasteiger partial charge in [-0.1, -0.05) is 30.3 Å². The van der Waals surface area contributed by atoms with Gasteiger partial charge in [-0.05, 0) is 17.0 Å². The van der Waals surface area contributed by atoms with Crippen LogP contribution in [0.15, 0.2) is 53.4 Å². The van der Waals surface area contributed by atoms with Gasteiger partial charge >= 0.3 is 0 Å². The van der Waals surface area contributed by atoms with Gasteiger partial charge in [-0.15, -0.1) is 22.7 Å². The lowest BCUT2D eigenvalue weighted by Gasteiger charge is -2.00. The van der Waals surface area contributed by atoms with E-state index in [0.29, 0.717) is 0 Å². The topological polar surface area (TPSA) is 12.9 Å². The lowest BCUT2D eigenvalue weighted by atomic mass is 10.1. The molecular formula is C13H9NS2. The van der Waals surface area contributed by atoms with Gasteiger partial charge in [0.2, 0.25) is 0 Å². The van der Waals surface area contributed by atoms with Gasteiger partial charge in [0.15, 0.2) is 0 Å². The van der Waals surface area contributed by atoms with Crippen LogP contribution in [0.1, 0.15) is 0 Å². The zero-order chi connectivity index (χ0) is 10.8. The van der Waals surface area contributed by atoms with E-state index >= 15 is 0 Å². The Hall–Kier alpha value is -1.45. The van der Waals surface area contributed by atoms with Gasteiger partial charge in [0, 0.05) is 17.1 Å². The Labute approximate surface area is 102 Å². The van der Waals surface area contributed by atoms with Crippen molar-refractivity contribution in [3.05, 3.63) is 53.4 Å². The van der Waals surface area contributed by atoms with Crippen LogP contribution in [0, 0.1) is 0 Å². The van der Waals surface area contributed by atoms with E-state index in [1.807, 2.05) is 17.6 Å². The van der Waals surface area contributed by atoms with Gasteiger partial charge in [-0.3, -0.25) is 0 Å². The highest BCUT2D eigenvalue weighted by Crippen LogP contribution is 2.37. The third kappa shape index (κ3) is 1.68. The zero-order valence-electron chi connectivity index (χ0n) is 8.46. The van der Waals surface area contributed by atoms with Crippen LogP contribution in [0.5, 0.6) is 0 Å². The fraction of sp³-hybridized carbons (Fsp3) is 0. The summed E-state index contributed by atoms with van der Waals surface area (Å²) in [5.41, 5.74) is 2.54. The number of hydrogen-bond acceptors (Lipinski definition) is 3. The molecule has 0 radical (unpaired) electrons. The second-order valence-electron chi connectivity index (χ2n) is 3.37. The summed E-state index contributed by atoms with van der Waals surface area (Å²) in [4.78, 5) is 5.64. The van der Waals surface area contributed by atoms with Crippen molar-refractivity contribution < 1.29 is 0 Å². The third-order valence-electron chi connectivity index (χ3n) is 2.38. The zero-order valence-corrected chi connectivity index (χ0v) is 10.1. The van der Waals surface area contributed by atoms with Crippen LogP contribution in [0.4, 0.5) is 0 Å². The summed E-state index contributed by atoms with van der Waals surface area (Å²) in [7, 11) is 0. The first-order valence-electron chi connectivity index (χ1n) is 4.98. The van der Waals surface area contributed by atoms with Crippen molar-refractivity contribution in [1.29, 1.82) is 0 Å². The molecule has 3 aromatic rings. The van der Waals surface area contributed by atoms with Gasteiger partial charge in [0.25, 0.3) is 0 Å². The summed E-state index contributed by atoms with van der Waals surface area (Å²) in [6.45, 7) is 0. The number of thiazole rings is 1. The van der Waals surface area contributed by atoms with E-state index in [1.54, 1.807) is 22.7 Å². The average Bonchev–Trinajstić information content (AvgIpc) is 3.01. The minimum Gasteiger partial charge on any atom is -0.244 e. The van der Waals surface area contributed by atoms with Crippen molar-refractivity contribution in [2.45, 2.75) is 0 Å². The molecule has 0 amide bonds. The largest absolute Gasteiger partial charge is 0.244 e. The molecule has 0 unspecified atom stereocenters. The Bertz CT molecular complexity index is 567. The summed E-state index contributed by atoms with van der Waals surface area (Å²) in [6.07, 6.45) is 1.86. The molecule has 0 spiro atoms. The molecule has 1 nitrogen and oxygen atoms in total. The molecule has 1 aromatic carbocycles. The highest BCUT2D eigenvalue weighted by molar-refractivity contribution is 7.20. The maximum atomic E-state index is 4.37. The Morgan fingerprint density at radius 1 is 0.875 bits per heavy atom. The molecule has 3 heteroatoms. The number of benzene rings is 1. The van der Waals surface area contributed by atoms with Crippen molar-refractivity contribution >= 4 is 22.7 Å². The van der Waals surface area contributed by atoms with Crippen molar-refractivity contribution in [3.8, 4) is 21.0 Å². The predicted octanol–water partition coefficient (Wildman–Crippen LogP) is 4.54. The Balaban J connectivity index is 2.14. The Morgan fingerprint density at radius 3 is 2.50 bits per heavy atom. The normalized spacial score (nSPS) is 10.5. The van der Waals surface area contributed by atoms with E-state index < -0.39 is 0 Å². The number of aromatic nitrogens is 1. The van der Waals surface area contributed by atoms with Crippen molar-refractivity contribution in [2.75, 3.05) is 0 Å². The fourth-order valence-electron chi connectivity index (χ4n) is 1.66. The van der Waals surface area contributed by atoms with Crippen LogP contribution in [0.25, 0.3) is 21.0 Å². The fourth-order valence-corrected chi connectivity index (χ4v) is 3.34. The average molecular weight is 243 g/mol. The van der Waals surface area contributed by atoms with E-state index in [9.17, 15) is 0 Å². The number of thiophene rings is 1. The molecule has 2 aromatic heterocycles.